The number of nitrogens with zero attached hydrogens (tertiary/aromatic N) is 4. The van der Waals surface area contributed by atoms with Gasteiger partial charge in [0, 0.05) is 74.8 Å². The molecular weight excluding hydrogens is 522 g/mol. The maximum Gasteiger partial charge on any atom is 0.267 e. The van der Waals surface area contributed by atoms with Crippen molar-refractivity contribution >= 4 is 22.7 Å². The van der Waals surface area contributed by atoms with Crippen LogP contribution in [0.3, 0.4) is 0 Å². The van der Waals surface area contributed by atoms with Crippen molar-refractivity contribution in [3.8, 4) is 5.75 Å². The van der Waals surface area contributed by atoms with Crippen LogP contribution in [0.1, 0.15) is 66.3 Å². The fourth-order valence-electron chi connectivity index (χ4n) is 6.56. The number of aromatic nitrogens is 2. The van der Waals surface area contributed by atoms with E-state index in [2.05, 4.69) is 15.2 Å². The van der Waals surface area contributed by atoms with Crippen molar-refractivity contribution in [2.75, 3.05) is 27.2 Å². The van der Waals surface area contributed by atoms with Crippen LogP contribution in [-0.2, 0) is 4.74 Å². The van der Waals surface area contributed by atoms with E-state index in [-0.39, 0.29) is 47.5 Å². The highest BCUT2D eigenvalue weighted by Crippen LogP contribution is 2.36. The van der Waals surface area contributed by atoms with E-state index in [1.165, 1.54) is 0 Å². The Kier molecular flexibility index (Phi) is 8.42. The van der Waals surface area contributed by atoms with Gasteiger partial charge >= 0.3 is 0 Å². The van der Waals surface area contributed by atoms with Gasteiger partial charge in [0.05, 0.1) is 11.6 Å². The standard InChI is InChI=1S/C31H39N5O5/c1-19(2)36-26-8-6-5-7-25(26)28(37)27(31(36)40)29(38)33-21-15-22-9-10-23(16-21)35(22)18-24(41-4)17-34(3)30(39)20-11-13-32-14-12-20/h5-8,11-14,19,21-24,37H,9-10,15-18H2,1-4H3,(H,33,38)/t21?,22-,23+,24?. The number of benzene rings is 1. The number of pyridine rings is 2. The molecule has 218 valence electrons. The second kappa shape index (κ2) is 12.0. The summed E-state index contributed by atoms with van der Waals surface area (Å²) >= 11 is 0. The predicted octanol–water partition coefficient (Wildman–Crippen LogP) is 3.20. The molecule has 0 radical (unpaired) electrons. The molecule has 0 spiro atoms. The maximum absolute atomic E-state index is 13.5. The van der Waals surface area contributed by atoms with E-state index in [1.807, 2.05) is 19.9 Å². The van der Waals surface area contributed by atoms with Gasteiger partial charge in [-0.25, -0.2) is 0 Å². The number of rotatable bonds is 9. The minimum atomic E-state index is -0.531. The number of aromatic hydroxyl groups is 1. The summed E-state index contributed by atoms with van der Waals surface area (Å²) in [7, 11) is 3.45. The minimum Gasteiger partial charge on any atom is -0.506 e. The molecule has 1 aromatic carbocycles. The summed E-state index contributed by atoms with van der Waals surface area (Å²) in [5, 5.41) is 14.5. The number of hydrogen-bond donors (Lipinski definition) is 2. The maximum atomic E-state index is 13.5. The number of hydrogen-bond acceptors (Lipinski definition) is 7. The van der Waals surface area contributed by atoms with Gasteiger partial charge in [0.25, 0.3) is 17.4 Å². The summed E-state index contributed by atoms with van der Waals surface area (Å²) in [6, 6.07) is 10.8. The van der Waals surface area contributed by atoms with Crippen LogP contribution in [0, 0.1) is 0 Å². The van der Waals surface area contributed by atoms with Crippen molar-refractivity contribution in [2.24, 2.45) is 0 Å². The topological polar surface area (TPSA) is 117 Å². The quantitative estimate of drug-likeness (QED) is 0.412. The summed E-state index contributed by atoms with van der Waals surface area (Å²) in [6.45, 7) is 4.92. The highest BCUT2D eigenvalue weighted by Gasteiger charge is 2.42. The Morgan fingerprint density at radius 3 is 2.41 bits per heavy atom. The van der Waals surface area contributed by atoms with Crippen molar-refractivity contribution in [2.45, 2.75) is 69.8 Å². The van der Waals surface area contributed by atoms with Crippen molar-refractivity contribution in [1.82, 2.24) is 24.7 Å². The van der Waals surface area contributed by atoms with Gasteiger partial charge in [-0.2, -0.15) is 0 Å². The number of para-hydroxylation sites is 1. The number of carbonyl (C=O) groups excluding carboxylic acids is 2. The Morgan fingerprint density at radius 2 is 1.78 bits per heavy atom. The van der Waals surface area contributed by atoms with E-state index in [4.69, 9.17) is 4.74 Å². The smallest absolute Gasteiger partial charge is 0.267 e. The lowest BCUT2D eigenvalue weighted by atomic mass is 9.96. The molecule has 10 nitrogen and oxygen atoms in total. The average Bonchev–Trinajstić information content (AvgIpc) is 3.18. The van der Waals surface area contributed by atoms with Gasteiger partial charge in [0.1, 0.15) is 11.3 Å². The van der Waals surface area contributed by atoms with Crippen LogP contribution in [-0.4, -0.2) is 87.7 Å². The first-order valence-electron chi connectivity index (χ1n) is 14.3. The molecule has 2 saturated heterocycles. The van der Waals surface area contributed by atoms with Gasteiger partial charge in [-0.15, -0.1) is 0 Å². The molecular formula is C31H39N5O5. The molecule has 2 aromatic heterocycles. The first-order chi connectivity index (χ1) is 19.7. The van der Waals surface area contributed by atoms with Crippen LogP contribution in [0.15, 0.2) is 53.6 Å². The van der Waals surface area contributed by atoms with Gasteiger partial charge in [0.2, 0.25) is 0 Å². The zero-order valence-electron chi connectivity index (χ0n) is 24.1. The molecule has 2 aliphatic heterocycles. The fourth-order valence-corrected chi connectivity index (χ4v) is 6.56. The normalized spacial score (nSPS) is 21.2. The van der Waals surface area contributed by atoms with E-state index >= 15 is 0 Å². The third-order valence-corrected chi connectivity index (χ3v) is 8.55. The van der Waals surface area contributed by atoms with E-state index < -0.39 is 11.5 Å². The molecule has 2 aliphatic rings. The van der Waals surface area contributed by atoms with Gasteiger partial charge in [-0.1, -0.05) is 12.1 Å². The highest BCUT2D eigenvalue weighted by atomic mass is 16.5. The zero-order chi connectivity index (χ0) is 29.3. The lowest BCUT2D eigenvalue weighted by molar-refractivity contribution is 0.0116. The molecule has 2 amide bonds. The lowest BCUT2D eigenvalue weighted by Gasteiger charge is -2.41. The van der Waals surface area contributed by atoms with Crippen LogP contribution in [0.2, 0.25) is 0 Å². The third-order valence-electron chi connectivity index (χ3n) is 8.55. The predicted molar refractivity (Wildman–Crippen MR) is 156 cm³/mol. The number of nitrogens with one attached hydrogen (secondary N) is 1. The number of likely N-dealkylation sites (N-methyl/N-ethyl adjacent to an activating group) is 1. The highest BCUT2D eigenvalue weighted by molar-refractivity contribution is 6.02. The Hall–Kier alpha value is -3.76. The van der Waals surface area contributed by atoms with Crippen LogP contribution in [0.4, 0.5) is 0 Å². The summed E-state index contributed by atoms with van der Waals surface area (Å²) < 4.78 is 7.36. The van der Waals surface area contributed by atoms with Gasteiger partial charge in [0.15, 0.2) is 0 Å². The second-order valence-electron chi connectivity index (χ2n) is 11.5. The molecule has 2 N–H and O–H groups in total. The molecule has 2 fully saturated rings. The number of amides is 2. The van der Waals surface area contributed by atoms with Gasteiger partial charge in [-0.05, 0) is 63.8 Å². The number of carbonyl (C=O) groups is 2. The minimum absolute atomic E-state index is 0.0766. The summed E-state index contributed by atoms with van der Waals surface area (Å²) in [5.74, 6) is -0.877. The van der Waals surface area contributed by atoms with Crippen LogP contribution >= 0.6 is 0 Å². The Balaban J connectivity index is 1.26. The van der Waals surface area contributed by atoms with Crippen LogP contribution in [0.25, 0.3) is 10.9 Å². The Bertz CT molecular complexity index is 1460. The van der Waals surface area contributed by atoms with Crippen LogP contribution < -0.4 is 10.9 Å². The Labute approximate surface area is 239 Å². The van der Waals surface area contributed by atoms with E-state index in [9.17, 15) is 19.5 Å². The molecule has 41 heavy (non-hydrogen) atoms. The Morgan fingerprint density at radius 1 is 1.12 bits per heavy atom. The monoisotopic (exact) mass is 561 g/mol. The molecule has 4 atom stereocenters. The summed E-state index contributed by atoms with van der Waals surface area (Å²) in [5.41, 5.74) is 0.510. The average molecular weight is 562 g/mol. The zero-order valence-corrected chi connectivity index (χ0v) is 24.1. The first-order valence-corrected chi connectivity index (χ1v) is 14.3. The number of fused-ring (bicyclic) bond motifs is 3. The van der Waals surface area contributed by atoms with Crippen molar-refractivity contribution in [3.63, 3.8) is 0 Å². The van der Waals surface area contributed by atoms with Crippen molar-refractivity contribution < 1.29 is 19.4 Å². The SMILES string of the molecule is COC(CN(C)C(=O)c1ccncc1)CN1[C@@H]2CC[C@H]1CC(NC(=O)c1c(O)c3ccccc3n(C(C)C)c1=O)C2. The fraction of sp³-hybridized carbons (Fsp3) is 0.484. The molecule has 2 unspecified atom stereocenters. The molecule has 10 heteroatoms. The molecule has 0 saturated carbocycles. The second-order valence-corrected chi connectivity index (χ2v) is 11.5. The largest absolute Gasteiger partial charge is 0.506 e. The molecule has 0 aliphatic carbocycles. The van der Waals surface area contributed by atoms with Crippen molar-refractivity contribution in [1.29, 1.82) is 0 Å². The summed E-state index contributed by atoms with van der Waals surface area (Å²) in [6.07, 6.45) is 6.58. The van der Waals surface area contributed by atoms with Gasteiger partial charge in [-0.3, -0.25) is 24.3 Å². The number of ether oxygens (including phenoxy) is 1. The number of piperidine rings is 1. The molecule has 4 heterocycles. The van der Waals surface area contributed by atoms with Gasteiger partial charge < -0.3 is 24.6 Å². The van der Waals surface area contributed by atoms with E-state index in [0.717, 1.165) is 25.7 Å². The molecule has 2 bridgehead atoms. The van der Waals surface area contributed by atoms with Crippen LogP contribution in [0.5, 0.6) is 5.75 Å². The summed E-state index contributed by atoms with van der Waals surface area (Å²) in [4.78, 5) is 47.8. The molecule has 5 rings (SSSR count). The van der Waals surface area contributed by atoms with Crippen molar-refractivity contribution in [3.05, 3.63) is 70.3 Å². The van der Waals surface area contributed by atoms with E-state index in [1.54, 1.807) is 66.4 Å². The molecule has 3 aromatic rings. The van der Waals surface area contributed by atoms with E-state index in [0.29, 0.717) is 29.6 Å². The number of methoxy groups -OCH3 is 1. The first kappa shape index (κ1) is 28.8. The third kappa shape index (κ3) is 5.71. The lowest BCUT2D eigenvalue weighted by Crippen LogP contribution is -2.54.